The van der Waals surface area contributed by atoms with Gasteiger partial charge in [-0.15, -0.1) is 0 Å². The van der Waals surface area contributed by atoms with Gasteiger partial charge in [0.1, 0.15) is 5.75 Å². The van der Waals surface area contributed by atoms with Crippen molar-refractivity contribution in [3.8, 4) is 5.75 Å². The van der Waals surface area contributed by atoms with Gasteiger partial charge in [-0.1, -0.05) is 12.1 Å². The third-order valence-electron chi connectivity index (χ3n) is 5.39. The van der Waals surface area contributed by atoms with E-state index in [9.17, 15) is 4.79 Å². The minimum absolute atomic E-state index is 0.215. The van der Waals surface area contributed by atoms with Crippen molar-refractivity contribution in [3.63, 3.8) is 0 Å². The number of hydrogen-bond donors (Lipinski definition) is 0. The van der Waals surface area contributed by atoms with Gasteiger partial charge < -0.3 is 9.64 Å². The van der Waals surface area contributed by atoms with E-state index in [1.165, 1.54) is 18.4 Å². The van der Waals surface area contributed by atoms with E-state index in [4.69, 9.17) is 4.74 Å². The van der Waals surface area contributed by atoms with Gasteiger partial charge >= 0.3 is 0 Å². The highest BCUT2D eigenvalue weighted by Gasteiger charge is 2.43. The van der Waals surface area contributed by atoms with E-state index in [-0.39, 0.29) is 5.91 Å². The lowest BCUT2D eigenvalue weighted by molar-refractivity contribution is -0.131. The van der Waals surface area contributed by atoms with E-state index in [1.54, 1.807) is 14.0 Å². The summed E-state index contributed by atoms with van der Waals surface area (Å²) in [6, 6.07) is 8.37. The number of nitrogens with zero attached hydrogens (tertiary/aromatic N) is 2. The third-order valence-corrected chi connectivity index (χ3v) is 5.39. The van der Waals surface area contributed by atoms with Crippen LogP contribution in [-0.4, -0.2) is 48.0 Å². The Labute approximate surface area is 133 Å². The summed E-state index contributed by atoms with van der Waals surface area (Å²) in [5.41, 5.74) is 1.62. The van der Waals surface area contributed by atoms with Crippen molar-refractivity contribution in [2.45, 2.75) is 44.7 Å². The van der Waals surface area contributed by atoms with E-state index < -0.39 is 0 Å². The summed E-state index contributed by atoms with van der Waals surface area (Å²) in [6.07, 6.45) is 4.75. The van der Waals surface area contributed by atoms with Crippen LogP contribution in [0.3, 0.4) is 0 Å². The van der Waals surface area contributed by atoms with Gasteiger partial charge in [-0.3, -0.25) is 9.69 Å². The van der Waals surface area contributed by atoms with Gasteiger partial charge in [0.2, 0.25) is 5.91 Å². The Hall–Kier alpha value is -1.55. The molecule has 0 aliphatic carbocycles. The molecule has 0 atom stereocenters. The van der Waals surface area contributed by atoms with Crippen LogP contribution in [0.5, 0.6) is 5.75 Å². The van der Waals surface area contributed by atoms with Crippen LogP contribution >= 0.6 is 0 Å². The smallest absolute Gasteiger partial charge is 0.219 e. The van der Waals surface area contributed by atoms with Crippen LogP contribution < -0.4 is 4.74 Å². The van der Waals surface area contributed by atoms with Crippen LogP contribution in [-0.2, 0) is 11.3 Å². The summed E-state index contributed by atoms with van der Waals surface area (Å²) < 4.78 is 5.33. The van der Waals surface area contributed by atoms with Crippen LogP contribution in [0.25, 0.3) is 0 Å². The number of carbonyl (C=O) groups is 1. The second-order valence-electron chi connectivity index (χ2n) is 6.61. The number of carbonyl (C=O) groups excluding carboxylic acids is 1. The largest absolute Gasteiger partial charge is 0.497 e. The Kier molecular flexibility index (Phi) is 4.39. The van der Waals surface area contributed by atoms with Crippen LogP contribution in [0.15, 0.2) is 24.3 Å². The normalized spacial score (nSPS) is 21.3. The quantitative estimate of drug-likeness (QED) is 0.860. The minimum Gasteiger partial charge on any atom is -0.497 e. The molecule has 0 saturated carbocycles. The van der Waals surface area contributed by atoms with Crippen molar-refractivity contribution in [1.29, 1.82) is 0 Å². The average molecular weight is 302 g/mol. The van der Waals surface area contributed by atoms with Gasteiger partial charge in [0.15, 0.2) is 0 Å². The van der Waals surface area contributed by atoms with E-state index in [0.29, 0.717) is 5.54 Å². The Morgan fingerprint density at radius 1 is 1.23 bits per heavy atom. The molecule has 2 heterocycles. The third kappa shape index (κ3) is 2.98. The molecule has 120 valence electrons. The number of amides is 1. The Morgan fingerprint density at radius 3 is 2.68 bits per heavy atom. The Balaban J connectivity index is 1.69. The topological polar surface area (TPSA) is 32.8 Å². The van der Waals surface area contributed by atoms with Crippen molar-refractivity contribution < 1.29 is 9.53 Å². The first-order chi connectivity index (χ1) is 10.6. The Bertz CT molecular complexity index is 536. The molecule has 0 N–H and O–H groups in total. The summed E-state index contributed by atoms with van der Waals surface area (Å²) in [7, 11) is 1.72. The molecule has 1 aromatic carbocycles. The molecule has 3 rings (SSSR count). The number of methoxy groups -OCH3 is 1. The summed E-state index contributed by atoms with van der Waals surface area (Å²) >= 11 is 0. The molecule has 4 heteroatoms. The summed E-state index contributed by atoms with van der Waals surface area (Å²) in [4.78, 5) is 16.2. The fraction of sp³-hybridized carbons (Fsp3) is 0.611. The second kappa shape index (κ2) is 6.29. The van der Waals surface area contributed by atoms with Crippen LogP contribution in [0, 0.1) is 0 Å². The lowest BCUT2D eigenvalue weighted by atomic mass is 9.84. The van der Waals surface area contributed by atoms with E-state index in [0.717, 1.165) is 44.8 Å². The van der Waals surface area contributed by atoms with Gasteiger partial charge in [0.25, 0.3) is 0 Å². The van der Waals surface area contributed by atoms with Gasteiger partial charge in [0.05, 0.1) is 7.11 Å². The van der Waals surface area contributed by atoms with Crippen molar-refractivity contribution in [1.82, 2.24) is 9.80 Å². The molecule has 1 spiro atoms. The lowest BCUT2D eigenvalue weighted by Gasteiger charge is -2.45. The lowest BCUT2D eigenvalue weighted by Crippen LogP contribution is -2.52. The van der Waals surface area contributed by atoms with E-state index in [2.05, 4.69) is 23.1 Å². The second-order valence-corrected chi connectivity index (χ2v) is 6.61. The number of ether oxygens (including phenoxy) is 1. The SMILES string of the molecule is COc1cccc(CN2CCCC23CCN(C(C)=O)CC3)c1. The molecule has 2 fully saturated rings. The first kappa shape index (κ1) is 15.3. The zero-order chi connectivity index (χ0) is 15.6. The molecular formula is C18H26N2O2. The molecule has 0 aromatic heterocycles. The van der Waals surface area contributed by atoms with Gasteiger partial charge in [0, 0.05) is 32.1 Å². The number of rotatable bonds is 3. The molecule has 2 saturated heterocycles. The fourth-order valence-corrected chi connectivity index (χ4v) is 4.04. The van der Waals surface area contributed by atoms with Crippen molar-refractivity contribution >= 4 is 5.91 Å². The number of piperidine rings is 1. The zero-order valence-corrected chi connectivity index (χ0v) is 13.7. The predicted octanol–water partition coefficient (Wildman–Crippen LogP) is 2.67. The molecule has 1 amide bonds. The van der Waals surface area contributed by atoms with Crippen LogP contribution in [0.2, 0.25) is 0 Å². The van der Waals surface area contributed by atoms with Crippen molar-refractivity contribution in [3.05, 3.63) is 29.8 Å². The van der Waals surface area contributed by atoms with E-state index in [1.807, 2.05) is 11.0 Å². The molecule has 22 heavy (non-hydrogen) atoms. The summed E-state index contributed by atoms with van der Waals surface area (Å²) in [5.74, 6) is 1.14. The maximum atomic E-state index is 11.5. The van der Waals surface area contributed by atoms with Crippen LogP contribution in [0.4, 0.5) is 0 Å². The molecule has 0 bridgehead atoms. The predicted molar refractivity (Wildman–Crippen MR) is 86.9 cm³/mol. The monoisotopic (exact) mass is 302 g/mol. The minimum atomic E-state index is 0.215. The van der Waals surface area contributed by atoms with Crippen molar-refractivity contribution in [2.75, 3.05) is 26.7 Å². The van der Waals surface area contributed by atoms with Gasteiger partial charge in [-0.2, -0.15) is 0 Å². The number of likely N-dealkylation sites (tertiary alicyclic amines) is 2. The standard InChI is InChI=1S/C18H26N2O2/c1-15(21)19-11-8-18(9-12-19)7-4-10-20(18)14-16-5-3-6-17(13-16)22-2/h3,5-6,13H,4,7-12,14H2,1-2H3. The highest BCUT2D eigenvalue weighted by atomic mass is 16.5. The zero-order valence-electron chi connectivity index (χ0n) is 13.7. The first-order valence-corrected chi connectivity index (χ1v) is 8.26. The molecule has 2 aliphatic heterocycles. The molecule has 1 aromatic rings. The number of hydrogen-bond acceptors (Lipinski definition) is 3. The highest BCUT2D eigenvalue weighted by Crippen LogP contribution is 2.39. The highest BCUT2D eigenvalue weighted by molar-refractivity contribution is 5.73. The average Bonchev–Trinajstić information content (AvgIpc) is 2.90. The number of benzene rings is 1. The molecule has 0 radical (unpaired) electrons. The van der Waals surface area contributed by atoms with Gasteiger partial charge in [-0.05, 0) is 49.9 Å². The molecule has 4 nitrogen and oxygen atoms in total. The fourth-order valence-electron chi connectivity index (χ4n) is 4.04. The molecule has 0 unspecified atom stereocenters. The maximum Gasteiger partial charge on any atom is 0.219 e. The van der Waals surface area contributed by atoms with Gasteiger partial charge in [-0.25, -0.2) is 0 Å². The van der Waals surface area contributed by atoms with Crippen LogP contribution in [0.1, 0.15) is 38.2 Å². The molecular weight excluding hydrogens is 276 g/mol. The van der Waals surface area contributed by atoms with Crippen molar-refractivity contribution in [2.24, 2.45) is 0 Å². The maximum absolute atomic E-state index is 11.5. The summed E-state index contributed by atoms with van der Waals surface area (Å²) in [5, 5.41) is 0. The molecule has 2 aliphatic rings. The Morgan fingerprint density at radius 2 is 2.00 bits per heavy atom. The van der Waals surface area contributed by atoms with E-state index >= 15 is 0 Å². The first-order valence-electron chi connectivity index (χ1n) is 8.26. The summed E-state index contributed by atoms with van der Waals surface area (Å²) in [6.45, 7) is 5.64.